The second-order valence-corrected chi connectivity index (χ2v) is 10.7. The van der Waals surface area contributed by atoms with Gasteiger partial charge in [-0.25, -0.2) is 22.5 Å². The molecule has 0 saturated carbocycles. The van der Waals surface area contributed by atoms with E-state index in [1.165, 1.54) is 0 Å². The Bertz CT molecular complexity index is 1170. The first-order valence-corrected chi connectivity index (χ1v) is 12.0. The van der Waals surface area contributed by atoms with Crippen LogP contribution in [0, 0.1) is 17.0 Å². The SMILES string of the molecule is CN1CCCn2c(-c3cc(F)ccc3F)nc(C(=O)N[C@H](C(=O)N3CCC(F)(F)C3)C(C)(C)C)c2C1. The molecular formula is C25H31F4N5O2. The largest absolute Gasteiger partial charge is 0.338 e. The summed E-state index contributed by atoms with van der Waals surface area (Å²) in [6.07, 6.45) is 0.282. The van der Waals surface area contributed by atoms with Crippen LogP contribution in [0.2, 0.25) is 0 Å². The van der Waals surface area contributed by atoms with Crippen molar-refractivity contribution in [2.24, 2.45) is 5.41 Å². The normalized spacial score (nSPS) is 19.1. The number of benzene rings is 1. The standard InChI is InChI=1S/C25H31F4N5O2/c1-24(2,3)20(23(36)33-11-8-25(28,29)14-33)31-22(35)19-18-13-32(4)9-5-10-34(18)21(30-19)16-12-15(26)6-7-17(16)27/h6-7,12,20H,5,8-11,13-14H2,1-4H3,(H,31,35)/t20-/m1/s1. The highest BCUT2D eigenvalue weighted by Crippen LogP contribution is 2.31. The van der Waals surface area contributed by atoms with E-state index in [9.17, 15) is 27.2 Å². The molecule has 2 amide bonds. The Morgan fingerprint density at radius 1 is 1.14 bits per heavy atom. The van der Waals surface area contributed by atoms with Crippen molar-refractivity contribution in [3.63, 3.8) is 0 Å². The first kappa shape index (κ1) is 26.1. The molecule has 1 aromatic carbocycles. The molecule has 1 fully saturated rings. The maximum atomic E-state index is 14.7. The smallest absolute Gasteiger partial charge is 0.272 e. The van der Waals surface area contributed by atoms with Crippen LogP contribution in [0.25, 0.3) is 11.4 Å². The highest BCUT2D eigenvalue weighted by Gasteiger charge is 2.45. The predicted octanol–water partition coefficient (Wildman–Crippen LogP) is 3.68. The molecule has 7 nitrogen and oxygen atoms in total. The molecular weight excluding hydrogens is 478 g/mol. The third kappa shape index (κ3) is 5.25. The number of carbonyl (C=O) groups excluding carboxylic acids is 2. The maximum absolute atomic E-state index is 14.7. The molecule has 1 atom stereocenters. The number of halogens is 4. The van der Waals surface area contributed by atoms with E-state index in [1.54, 1.807) is 25.3 Å². The van der Waals surface area contributed by atoms with Crippen LogP contribution in [0.5, 0.6) is 0 Å². The highest BCUT2D eigenvalue weighted by atomic mass is 19.3. The number of carbonyl (C=O) groups is 2. The van der Waals surface area contributed by atoms with Crippen molar-refractivity contribution in [1.82, 2.24) is 24.7 Å². The number of likely N-dealkylation sites (tertiary alicyclic amines) is 1. The zero-order chi connectivity index (χ0) is 26.4. The number of hydrogen-bond donors (Lipinski definition) is 1. The fourth-order valence-corrected chi connectivity index (χ4v) is 4.73. The van der Waals surface area contributed by atoms with Crippen LogP contribution in [0.4, 0.5) is 17.6 Å². The third-order valence-corrected chi connectivity index (χ3v) is 6.67. The van der Waals surface area contributed by atoms with Crippen molar-refractivity contribution in [3.8, 4) is 11.4 Å². The average molecular weight is 510 g/mol. The van der Waals surface area contributed by atoms with Gasteiger partial charge in [0.2, 0.25) is 5.91 Å². The van der Waals surface area contributed by atoms with Crippen LogP contribution >= 0.6 is 0 Å². The minimum Gasteiger partial charge on any atom is -0.338 e. The number of hydrogen-bond acceptors (Lipinski definition) is 4. The van der Waals surface area contributed by atoms with Crippen LogP contribution < -0.4 is 5.32 Å². The summed E-state index contributed by atoms with van der Waals surface area (Å²) in [5.41, 5.74) is -0.340. The number of aromatic nitrogens is 2. The van der Waals surface area contributed by atoms with E-state index in [2.05, 4.69) is 10.3 Å². The molecule has 0 spiro atoms. The van der Waals surface area contributed by atoms with E-state index in [0.717, 1.165) is 29.6 Å². The van der Waals surface area contributed by atoms with Crippen molar-refractivity contribution in [2.75, 3.05) is 26.7 Å². The lowest BCUT2D eigenvalue weighted by Gasteiger charge is -2.33. The Balaban J connectivity index is 1.72. The molecule has 11 heteroatoms. The van der Waals surface area contributed by atoms with E-state index in [-0.39, 0.29) is 23.6 Å². The Labute approximate surface area is 207 Å². The number of nitrogens with zero attached hydrogens (tertiary/aromatic N) is 4. The Morgan fingerprint density at radius 3 is 2.50 bits per heavy atom. The summed E-state index contributed by atoms with van der Waals surface area (Å²) < 4.78 is 57.9. The lowest BCUT2D eigenvalue weighted by molar-refractivity contribution is -0.136. The molecule has 1 saturated heterocycles. The first-order chi connectivity index (χ1) is 16.8. The summed E-state index contributed by atoms with van der Waals surface area (Å²) in [6.45, 7) is 5.91. The summed E-state index contributed by atoms with van der Waals surface area (Å²) in [5, 5.41) is 2.72. The first-order valence-electron chi connectivity index (χ1n) is 12.0. The molecule has 0 aliphatic carbocycles. The second kappa shape index (κ2) is 9.49. The molecule has 1 N–H and O–H groups in total. The van der Waals surface area contributed by atoms with E-state index >= 15 is 0 Å². The van der Waals surface area contributed by atoms with Crippen molar-refractivity contribution in [2.45, 2.75) is 58.7 Å². The van der Waals surface area contributed by atoms with Gasteiger partial charge in [0, 0.05) is 26.1 Å². The van der Waals surface area contributed by atoms with E-state index in [1.807, 2.05) is 11.9 Å². The molecule has 4 rings (SSSR count). The fourth-order valence-electron chi connectivity index (χ4n) is 4.73. The zero-order valence-electron chi connectivity index (χ0n) is 20.9. The van der Waals surface area contributed by atoms with E-state index in [4.69, 9.17) is 0 Å². The van der Waals surface area contributed by atoms with Gasteiger partial charge in [-0.05, 0) is 43.6 Å². The Morgan fingerprint density at radius 2 is 1.86 bits per heavy atom. The van der Waals surface area contributed by atoms with Gasteiger partial charge in [-0.1, -0.05) is 20.8 Å². The second-order valence-electron chi connectivity index (χ2n) is 10.7. The molecule has 196 valence electrons. The van der Waals surface area contributed by atoms with Crippen LogP contribution in [-0.4, -0.2) is 69.8 Å². The fraction of sp³-hybridized carbons (Fsp3) is 0.560. The molecule has 2 aliphatic heterocycles. The van der Waals surface area contributed by atoms with Crippen molar-refractivity contribution in [3.05, 3.63) is 41.2 Å². The minimum atomic E-state index is -2.96. The molecule has 2 aliphatic rings. The maximum Gasteiger partial charge on any atom is 0.272 e. The van der Waals surface area contributed by atoms with Gasteiger partial charge in [-0.2, -0.15) is 0 Å². The van der Waals surface area contributed by atoms with Gasteiger partial charge in [0.15, 0.2) is 5.69 Å². The average Bonchev–Trinajstić information content (AvgIpc) is 3.25. The monoisotopic (exact) mass is 509 g/mol. The van der Waals surface area contributed by atoms with Gasteiger partial charge in [0.05, 0.1) is 17.8 Å². The van der Waals surface area contributed by atoms with Gasteiger partial charge < -0.3 is 19.7 Å². The molecule has 0 radical (unpaired) electrons. The molecule has 0 unspecified atom stereocenters. The zero-order valence-corrected chi connectivity index (χ0v) is 20.9. The van der Waals surface area contributed by atoms with E-state index in [0.29, 0.717) is 25.2 Å². The van der Waals surface area contributed by atoms with Gasteiger partial charge >= 0.3 is 0 Å². The topological polar surface area (TPSA) is 70.5 Å². The Kier molecular flexibility index (Phi) is 6.89. The van der Waals surface area contributed by atoms with Crippen molar-refractivity contribution >= 4 is 11.8 Å². The molecule has 0 bridgehead atoms. The number of fused-ring (bicyclic) bond motifs is 1. The molecule has 36 heavy (non-hydrogen) atoms. The van der Waals surface area contributed by atoms with Crippen LogP contribution in [-0.2, 0) is 17.9 Å². The number of nitrogens with one attached hydrogen (secondary N) is 1. The molecule has 3 heterocycles. The van der Waals surface area contributed by atoms with Crippen LogP contribution in [0.15, 0.2) is 18.2 Å². The van der Waals surface area contributed by atoms with Gasteiger partial charge in [0.25, 0.3) is 11.8 Å². The molecule has 2 aromatic rings. The van der Waals surface area contributed by atoms with Crippen LogP contribution in [0.3, 0.4) is 0 Å². The van der Waals surface area contributed by atoms with Crippen molar-refractivity contribution in [1.29, 1.82) is 0 Å². The minimum absolute atomic E-state index is 0.00351. The summed E-state index contributed by atoms with van der Waals surface area (Å²) >= 11 is 0. The van der Waals surface area contributed by atoms with Gasteiger partial charge in [0.1, 0.15) is 23.5 Å². The number of amides is 2. The van der Waals surface area contributed by atoms with Crippen molar-refractivity contribution < 1.29 is 27.2 Å². The number of imidazole rings is 1. The summed E-state index contributed by atoms with van der Waals surface area (Å²) in [4.78, 5) is 34.2. The van der Waals surface area contributed by atoms with Crippen LogP contribution in [0.1, 0.15) is 49.8 Å². The highest BCUT2D eigenvalue weighted by molar-refractivity contribution is 5.98. The number of alkyl halides is 2. The predicted molar refractivity (Wildman–Crippen MR) is 125 cm³/mol. The summed E-state index contributed by atoms with van der Waals surface area (Å²) in [5.74, 6) is -5.41. The summed E-state index contributed by atoms with van der Waals surface area (Å²) in [7, 11) is 1.88. The molecule has 1 aromatic heterocycles. The van der Waals surface area contributed by atoms with E-state index < -0.39 is 53.8 Å². The quantitative estimate of drug-likeness (QED) is 0.639. The lowest BCUT2D eigenvalue weighted by Crippen LogP contribution is -2.54. The number of rotatable bonds is 4. The lowest BCUT2D eigenvalue weighted by atomic mass is 9.85. The third-order valence-electron chi connectivity index (χ3n) is 6.67. The summed E-state index contributed by atoms with van der Waals surface area (Å²) in [6, 6.07) is 1.97. The van der Waals surface area contributed by atoms with Gasteiger partial charge in [-0.3, -0.25) is 9.59 Å². The van der Waals surface area contributed by atoms with Gasteiger partial charge in [-0.15, -0.1) is 0 Å². The Hall–Kier alpha value is -2.95.